The van der Waals surface area contributed by atoms with Gasteiger partial charge in [-0.2, -0.15) is 0 Å². The molecule has 0 spiro atoms. The largest absolute Gasteiger partial charge is 0.397 e. The van der Waals surface area contributed by atoms with Gasteiger partial charge in [0.05, 0.1) is 24.5 Å². The summed E-state index contributed by atoms with van der Waals surface area (Å²) in [4.78, 5) is 24.3. The number of pyridine rings is 1. The van der Waals surface area contributed by atoms with Gasteiger partial charge in [0.2, 0.25) is 0 Å². The van der Waals surface area contributed by atoms with Crippen molar-refractivity contribution in [1.82, 2.24) is 9.88 Å². The molecule has 7 nitrogen and oxygen atoms in total. The van der Waals surface area contributed by atoms with Crippen LogP contribution in [0.4, 0.5) is 17.1 Å². The third-order valence-electron chi connectivity index (χ3n) is 5.28. The van der Waals surface area contributed by atoms with Gasteiger partial charge in [-0.1, -0.05) is 18.2 Å². The van der Waals surface area contributed by atoms with Crippen LogP contribution in [0.1, 0.15) is 20.9 Å². The topological polar surface area (TPSA) is 102 Å². The highest BCUT2D eigenvalue weighted by atomic mass is 32.1. The first kappa shape index (κ1) is 20.4. The van der Waals surface area contributed by atoms with Crippen molar-refractivity contribution in [2.24, 2.45) is 5.73 Å². The number of hydrogen-bond donors (Lipinski definition) is 3. The second-order valence-electron chi connectivity index (χ2n) is 7.22. The van der Waals surface area contributed by atoms with Crippen molar-refractivity contribution in [3.05, 3.63) is 69.3 Å². The van der Waals surface area contributed by atoms with E-state index in [-0.39, 0.29) is 0 Å². The quantitative estimate of drug-likeness (QED) is 0.285. The third-order valence-corrected chi connectivity index (χ3v) is 7.64. The summed E-state index contributed by atoms with van der Waals surface area (Å²) in [5.41, 5.74) is 16.6. The van der Waals surface area contributed by atoms with E-state index in [1.165, 1.54) is 11.3 Å². The van der Waals surface area contributed by atoms with Crippen molar-refractivity contribution in [2.45, 2.75) is 13.1 Å². The average Bonchev–Trinajstić information content (AvgIpc) is 3.52. The summed E-state index contributed by atoms with van der Waals surface area (Å²) in [6, 6.07) is 11.2. The van der Waals surface area contributed by atoms with E-state index < -0.39 is 5.91 Å². The Morgan fingerprint density at radius 2 is 2.03 bits per heavy atom. The van der Waals surface area contributed by atoms with Crippen LogP contribution in [-0.2, 0) is 13.1 Å². The second kappa shape index (κ2) is 7.87. The number of benzene rings is 1. The number of nitrogens with one attached hydrogen (secondary N) is 1. The number of nitrogens with zero attached hydrogens (tertiary/aromatic N) is 3. The number of fused-ring (bicyclic) bond motifs is 2. The first-order valence-electron chi connectivity index (χ1n) is 9.57. The monoisotopic (exact) mass is 476 g/mol. The lowest BCUT2D eigenvalue weighted by molar-refractivity contribution is 0.100. The van der Waals surface area contributed by atoms with Gasteiger partial charge in [-0.15, -0.1) is 22.7 Å². The molecule has 5 rings (SSSR count). The summed E-state index contributed by atoms with van der Waals surface area (Å²) in [5.74, 6) is -0.543. The van der Waals surface area contributed by atoms with Crippen molar-refractivity contribution in [3.63, 3.8) is 0 Å². The van der Waals surface area contributed by atoms with E-state index in [0.29, 0.717) is 39.3 Å². The number of carbonyl (C=O) groups is 1. The average molecular weight is 477 g/mol. The Balaban J connectivity index is 1.53. The van der Waals surface area contributed by atoms with Gasteiger partial charge in [0.1, 0.15) is 9.71 Å². The van der Waals surface area contributed by atoms with Crippen LogP contribution in [0, 0.1) is 6.57 Å². The minimum atomic E-state index is -0.543. The summed E-state index contributed by atoms with van der Waals surface area (Å²) in [6.07, 6.45) is 0. The maximum Gasteiger partial charge on any atom is 0.260 e. The molecule has 1 aliphatic heterocycles. The van der Waals surface area contributed by atoms with Crippen LogP contribution in [0.2, 0.25) is 0 Å². The Kier molecular flexibility index (Phi) is 5.01. The van der Waals surface area contributed by atoms with Crippen molar-refractivity contribution < 1.29 is 4.79 Å². The summed E-state index contributed by atoms with van der Waals surface area (Å²) >= 11 is 8.50. The van der Waals surface area contributed by atoms with E-state index >= 15 is 0 Å². The Morgan fingerprint density at radius 3 is 2.69 bits per heavy atom. The summed E-state index contributed by atoms with van der Waals surface area (Å²) < 4.78 is 0. The van der Waals surface area contributed by atoms with E-state index in [1.54, 1.807) is 23.5 Å². The van der Waals surface area contributed by atoms with E-state index in [0.717, 1.165) is 32.8 Å². The first-order valence-corrected chi connectivity index (χ1v) is 11.7. The zero-order valence-corrected chi connectivity index (χ0v) is 19.0. The highest BCUT2D eigenvalue weighted by Gasteiger charge is 2.30. The van der Waals surface area contributed by atoms with Gasteiger partial charge in [-0.3, -0.25) is 4.79 Å². The highest BCUT2D eigenvalue weighted by Crippen LogP contribution is 2.45. The Morgan fingerprint density at radius 1 is 1.25 bits per heavy atom. The van der Waals surface area contributed by atoms with Gasteiger partial charge < -0.3 is 21.7 Å². The smallest absolute Gasteiger partial charge is 0.260 e. The highest BCUT2D eigenvalue weighted by molar-refractivity contribution is 7.80. The molecule has 3 aromatic heterocycles. The van der Waals surface area contributed by atoms with Gasteiger partial charge in [-0.05, 0) is 35.8 Å². The minimum absolute atomic E-state index is 0.339. The molecule has 1 aliphatic rings. The molecule has 0 bridgehead atoms. The third kappa shape index (κ3) is 3.36. The number of anilines is 2. The lowest BCUT2D eigenvalue weighted by Gasteiger charge is -2.19. The first-order chi connectivity index (χ1) is 15.5. The Bertz CT molecular complexity index is 1420. The minimum Gasteiger partial charge on any atom is -0.397 e. The molecule has 1 amide bonds. The van der Waals surface area contributed by atoms with Crippen LogP contribution in [0.3, 0.4) is 0 Å². The number of thiophene rings is 2. The molecule has 158 valence electrons. The molecule has 0 saturated carbocycles. The predicted octanol–water partition coefficient (Wildman–Crippen LogP) is 4.97. The number of carbonyl (C=O) groups excluding carboxylic acids is 1. The van der Waals surface area contributed by atoms with Crippen molar-refractivity contribution in [1.29, 1.82) is 0 Å². The van der Waals surface area contributed by atoms with E-state index in [2.05, 4.69) is 10.2 Å². The fourth-order valence-electron chi connectivity index (χ4n) is 3.81. The molecule has 0 saturated heterocycles. The number of rotatable bonds is 3. The van der Waals surface area contributed by atoms with Crippen molar-refractivity contribution >= 4 is 73.2 Å². The molecule has 0 radical (unpaired) electrons. The zero-order chi connectivity index (χ0) is 22.4. The molecule has 10 heteroatoms. The Hall–Kier alpha value is -3.52. The molecule has 4 heterocycles. The van der Waals surface area contributed by atoms with Crippen LogP contribution in [0.5, 0.6) is 0 Å². The number of hydrogen-bond acceptors (Lipinski definition) is 6. The van der Waals surface area contributed by atoms with Gasteiger partial charge in [0, 0.05) is 33.6 Å². The zero-order valence-electron chi connectivity index (χ0n) is 16.6. The summed E-state index contributed by atoms with van der Waals surface area (Å²) in [6.45, 7) is 8.19. The number of thiocarbonyl (C=S) groups is 1. The molecular weight excluding hydrogens is 460 g/mol. The van der Waals surface area contributed by atoms with Gasteiger partial charge in [0.25, 0.3) is 5.91 Å². The van der Waals surface area contributed by atoms with Gasteiger partial charge >= 0.3 is 0 Å². The summed E-state index contributed by atoms with van der Waals surface area (Å²) in [7, 11) is 0. The lowest BCUT2D eigenvalue weighted by Crippen LogP contribution is -2.30. The van der Waals surface area contributed by atoms with Crippen molar-refractivity contribution in [2.75, 3.05) is 11.1 Å². The maximum atomic E-state index is 11.9. The molecule has 1 aromatic carbocycles. The molecule has 5 N–H and O–H groups in total. The lowest BCUT2D eigenvalue weighted by atomic mass is 10.0. The number of amides is 1. The van der Waals surface area contributed by atoms with E-state index in [9.17, 15) is 4.79 Å². The molecule has 0 unspecified atom stereocenters. The molecule has 0 fully saturated rings. The SMILES string of the molecule is [C-]#[N+]c1ccc(NC(=S)N2Cc3nc4sc(C(N)=O)c(N)c4c(-c4cccs4)c3C2)cc1. The number of primary amides is 1. The molecule has 0 atom stereocenters. The standard InChI is InChI=1S/C22H16N6OS3/c1-25-11-4-6-12(7-5-11)26-22(30)28-9-13-14(10-28)27-21-17(16(13)15-3-2-8-31-15)18(23)19(32-21)20(24)29/h2-8H,9-10,23H2,(H2,24,29)(H,26,30). The fourth-order valence-corrected chi connectivity index (χ4v) is 5.83. The second-order valence-corrected chi connectivity index (χ2v) is 9.56. The number of nitrogens with two attached hydrogens (primary N) is 2. The van der Waals surface area contributed by atoms with Crippen LogP contribution < -0.4 is 16.8 Å². The predicted molar refractivity (Wildman–Crippen MR) is 134 cm³/mol. The van der Waals surface area contributed by atoms with Crippen LogP contribution >= 0.6 is 34.9 Å². The number of aromatic nitrogens is 1. The number of nitrogen functional groups attached to an aromatic ring is 1. The van der Waals surface area contributed by atoms with Crippen LogP contribution in [0.25, 0.3) is 25.5 Å². The van der Waals surface area contributed by atoms with Gasteiger partial charge in [-0.25, -0.2) is 9.83 Å². The Labute approximate surface area is 197 Å². The van der Waals surface area contributed by atoms with E-state index in [1.807, 2.05) is 34.5 Å². The fraction of sp³-hybridized carbons (Fsp3) is 0.0909. The van der Waals surface area contributed by atoms with E-state index in [4.69, 9.17) is 35.2 Å². The molecule has 0 aliphatic carbocycles. The molecule has 32 heavy (non-hydrogen) atoms. The maximum absolute atomic E-state index is 11.9. The van der Waals surface area contributed by atoms with Gasteiger partial charge in [0.15, 0.2) is 10.8 Å². The van der Waals surface area contributed by atoms with Crippen molar-refractivity contribution in [3.8, 4) is 10.4 Å². The van der Waals surface area contributed by atoms with Crippen LogP contribution in [0.15, 0.2) is 41.8 Å². The van der Waals surface area contributed by atoms with Crippen LogP contribution in [-0.4, -0.2) is 20.9 Å². The molecule has 4 aromatic rings. The summed E-state index contributed by atoms with van der Waals surface area (Å²) in [5, 5.41) is 6.60. The molecular formula is C22H16N6OS3. The normalized spacial score (nSPS) is 12.5.